The highest BCUT2D eigenvalue weighted by Crippen LogP contribution is 2.62. The van der Waals surface area contributed by atoms with Crippen molar-refractivity contribution in [1.82, 2.24) is 10.0 Å². The van der Waals surface area contributed by atoms with Gasteiger partial charge in [-0.2, -0.15) is 0 Å². The van der Waals surface area contributed by atoms with Crippen molar-refractivity contribution < 1.29 is 28.6 Å². The van der Waals surface area contributed by atoms with Crippen molar-refractivity contribution in [1.29, 1.82) is 0 Å². The van der Waals surface area contributed by atoms with Gasteiger partial charge < -0.3 is 14.2 Å². The molecular weight excluding hydrogens is 524 g/mol. The van der Waals surface area contributed by atoms with E-state index in [-0.39, 0.29) is 17.4 Å². The monoisotopic (exact) mass is 564 g/mol. The maximum absolute atomic E-state index is 13.6. The fraction of sp³-hybridized carbons (Fsp3) is 0.607. The van der Waals surface area contributed by atoms with Crippen LogP contribution in [0.4, 0.5) is 0 Å². The molecule has 0 spiro atoms. The lowest BCUT2D eigenvalue weighted by Crippen LogP contribution is -2.42. The second kappa shape index (κ2) is 13.2. The van der Waals surface area contributed by atoms with Gasteiger partial charge in [0.05, 0.1) is 33.2 Å². The largest absolute Gasteiger partial charge is 0.493 e. The van der Waals surface area contributed by atoms with Crippen LogP contribution in [-0.4, -0.2) is 54.6 Å². The third-order valence-corrected chi connectivity index (χ3v) is 8.74. The van der Waals surface area contributed by atoms with Gasteiger partial charge in [-0.05, 0) is 40.0 Å². The van der Waals surface area contributed by atoms with Crippen molar-refractivity contribution >= 4 is 41.3 Å². The van der Waals surface area contributed by atoms with E-state index >= 15 is 0 Å². The number of carbonyl (C=O) groups is 3. The van der Waals surface area contributed by atoms with E-state index in [4.69, 9.17) is 14.2 Å². The van der Waals surface area contributed by atoms with E-state index in [1.807, 2.05) is 0 Å². The Morgan fingerprint density at radius 3 is 1.92 bits per heavy atom. The van der Waals surface area contributed by atoms with E-state index in [0.29, 0.717) is 51.0 Å². The van der Waals surface area contributed by atoms with Crippen LogP contribution in [0.3, 0.4) is 0 Å². The summed E-state index contributed by atoms with van der Waals surface area (Å²) in [6.45, 7) is 13.1. The van der Waals surface area contributed by atoms with E-state index in [1.54, 1.807) is 36.9 Å². The smallest absolute Gasteiger partial charge is 0.316 e. The van der Waals surface area contributed by atoms with Crippen molar-refractivity contribution in [2.75, 3.05) is 26.8 Å². The minimum atomic E-state index is -0.717. The molecule has 2 heterocycles. The van der Waals surface area contributed by atoms with Crippen molar-refractivity contribution in [3.05, 3.63) is 15.9 Å². The number of esters is 1. The van der Waals surface area contributed by atoms with Crippen LogP contribution in [0.1, 0.15) is 80.1 Å². The van der Waals surface area contributed by atoms with Crippen molar-refractivity contribution in [3.8, 4) is 17.2 Å². The Bertz CT molecular complexity index is 1070. The van der Waals surface area contributed by atoms with E-state index in [0.717, 1.165) is 38.5 Å². The molecule has 1 fully saturated rings. The number of rotatable bonds is 12. The maximum atomic E-state index is 13.6. The summed E-state index contributed by atoms with van der Waals surface area (Å²) in [4.78, 5) is 41.3. The van der Waals surface area contributed by atoms with Crippen LogP contribution in [0, 0.1) is 5.41 Å². The van der Waals surface area contributed by atoms with E-state index in [1.165, 1.54) is 30.6 Å². The van der Waals surface area contributed by atoms with Crippen LogP contribution in [0.25, 0.3) is 0 Å². The highest BCUT2D eigenvalue weighted by molar-refractivity contribution is 8.25. The zero-order valence-electron chi connectivity index (χ0n) is 23.6. The molecule has 0 unspecified atom stereocenters. The molecule has 10 heteroatoms. The Balaban J connectivity index is 2.09. The van der Waals surface area contributed by atoms with Gasteiger partial charge in [0, 0.05) is 19.2 Å². The van der Waals surface area contributed by atoms with Gasteiger partial charge in [-0.1, -0.05) is 63.6 Å². The second-order valence-electron chi connectivity index (χ2n) is 10.3. The van der Waals surface area contributed by atoms with Gasteiger partial charge in [0.2, 0.25) is 0 Å². The highest BCUT2D eigenvalue weighted by atomic mass is 32.2. The number of hydrogen-bond acceptors (Lipinski definition) is 8. The minimum absolute atomic E-state index is 0.162. The van der Waals surface area contributed by atoms with Crippen LogP contribution in [0.2, 0.25) is 0 Å². The van der Waals surface area contributed by atoms with Gasteiger partial charge >= 0.3 is 5.97 Å². The molecule has 1 saturated heterocycles. The molecular formula is C28H40N2O6S2. The lowest BCUT2D eigenvalue weighted by atomic mass is 9.97. The number of thioether (sulfide) groups is 2. The van der Waals surface area contributed by atoms with Gasteiger partial charge in [-0.15, -0.1) is 0 Å². The first-order valence-electron chi connectivity index (χ1n) is 13.4. The van der Waals surface area contributed by atoms with Crippen LogP contribution in [0.5, 0.6) is 17.2 Å². The normalized spacial score (nSPS) is 15.4. The molecule has 0 radical (unpaired) electrons. The summed E-state index contributed by atoms with van der Waals surface area (Å²) in [5.74, 6) is 0.346. The number of fused-ring (bicyclic) bond motifs is 1. The van der Waals surface area contributed by atoms with E-state index < -0.39 is 11.4 Å². The number of benzene rings is 1. The number of nitrogens with zero attached hydrogens (tertiary/aromatic N) is 2. The summed E-state index contributed by atoms with van der Waals surface area (Å²) >= 11 is 2.59. The molecule has 0 saturated carbocycles. The van der Waals surface area contributed by atoms with Gasteiger partial charge in [0.15, 0.2) is 11.5 Å². The Morgan fingerprint density at radius 1 is 0.868 bits per heavy atom. The summed E-state index contributed by atoms with van der Waals surface area (Å²) in [6, 6.07) is 1.66. The number of methoxy groups -OCH3 is 1. The topological polar surface area (TPSA) is 85.4 Å². The quantitative estimate of drug-likeness (QED) is 0.0945. The standard InChI is InChI=1S/C28H40N2O6S2/c1-8-11-14-29-24(31)20(25(32)30(29)15-12-9-2)26-37-22-19(36-27(33)28(4,5)6)17-18(34-7)21(23(22)38-26)35-16-13-10-3/h17H,8-16H2,1-7H3. The lowest BCUT2D eigenvalue weighted by Gasteiger charge is -2.27. The van der Waals surface area contributed by atoms with E-state index in [2.05, 4.69) is 20.8 Å². The van der Waals surface area contributed by atoms with Crippen LogP contribution in [0.15, 0.2) is 25.7 Å². The maximum Gasteiger partial charge on any atom is 0.316 e. The average Bonchev–Trinajstić information content (AvgIpc) is 3.40. The Hall–Kier alpha value is -2.33. The summed E-state index contributed by atoms with van der Waals surface area (Å²) in [6.07, 6.45) is 5.28. The molecule has 38 heavy (non-hydrogen) atoms. The molecule has 1 aromatic carbocycles. The molecule has 0 bridgehead atoms. The zero-order valence-corrected chi connectivity index (χ0v) is 25.2. The number of ether oxygens (including phenoxy) is 3. The molecule has 0 aliphatic carbocycles. The molecule has 1 aromatic rings. The molecule has 210 valence electrons. The fourth-order valence-electron chi connectivity index (χ4n) is 3.81. The molecule has 0 aromatic heterocycles. The SMILES string of the molecule is CCCCOc1c(OC)cc(OC(=O)C(C)(C)C)c2c1SC(=C1C(=O)N(CCCC)N(CCCC)C1=O)S2. The van der Waals surface area contributed by atoms with E-state index in [9.17, 15) is 14.4 Å². The summed E-state index contributed by atoms with van der Waals surface area (Å²) in [7, 11) is 1.54. The van der Waals surface area contributed by atoms with Crippen LogP contribution in [-0.2, 0) is 14.4 Å². The van der Waals surface area contributed by atoms with Gasteiger partial charge in [0.1, 0.15) is 11.3 Å². The van der Waals surface area contributed by atoms with Crippen LogP contribution >= 0.6 is 23.5 Å². The average molecular weight is 565 g/mol. The minimum Gasteiger partial charge on any atom is -0.493 e. The number of carbonyl (C=O) groups excluding carboxylic acids is 3. The third-order valence-electron chi connectivity index (χ3n) is 6.13. The van der Waals surface area contributed by atoms with Gasteiger partial charge in [-0.25, -0.2) is 10.0 Å². The first kappa shape index (κ1) is 30.2. The summed E-state index contributed by atoms with van der Waals surface area (Å²) < 4.78 is 18.2. The number of hydrogen-bond donors (Lipinski definition) is 0. The molecule has 0 atom stereocenters. The number of hydrazine groups is 1. The molecule has 8 nitrogen and oxygen atoms in total. The zero-order chi connectivity index (χ0) is 28.0. The Kier molecular flexibility index (Phi) is 10.5. The number of unbranched alkanes of at least 4 members (excludes halogenated alkanes) is 3. The fourth-order valence-corrected chi connectivity index (χ4v) is 6.49. The third kappa shape index (κ3) is 6.45. The first-order valence-corrected chi connectivity index (χ1v) is 15.1. The molecule has 2 amide bonds. The van der Waals surface area contributed by atoms with Gasteiger partial charge in [-0.3, -0.25) is 14.4 Å². The van der Waals surface area contributed by atoms with Crippen LogP contribution < -0.4 is 14.2 Å². The highest BCUT2D eigenvalue weighted by Gasteiger charge is 2.45. The number of amides is 2. The van der Waals surface area contributed by atoms with Crippen molar-refractivity contribution in [2.24, 2.45) is 5.41 Å². The molecule has 3 rings (SSSR count). The molecule has 2 aliphatic heterocycles. The van der Waals surface area contributed by atoms with Crippen molar-refractivity contribution in [3.63, 3.8) is 0 Å². The lowest BCUT2D eigenvalue weighted by molar-refractivity contribution is -0.147. The predicted molar refractivity (Wildman–Crippen MR) is 150 cm³/mol. The van der Waals surface area contributed by atoms with Gasteiger partial charge in [0.25, 0.3) is 11.8 Å². The summed E-state index contributed by atoms with van der Waals surface area (Å²) in [5, 5.41) is 3.18. The molecule has 2 aliphatic rings. The second-order valence-corrected chi connectivity index (χ2v) is 12.6. The predicted octanol–water partition coefficient (Wildman–Crippen LogP) is 6.42. The molecule has 0 N–H and O–H groups in total. The Labute approximate surface area is 234 Å². The first-order chi connectivity index (χ1) is 18.1. The van der Waals surface area contributed by atoms with Crippen molar-refractivity contribution in [2.45, 2.75) is 89.9 Å². The Morgan fingerprint density at radius 2 is 1.42 bits per heavy atom. The summed E-state index contributed by atoms with van der Waals surface area (Å²) in [5.41, 5.74) is -0.555.